The molecule has 0 saturated carbocycles. The highest BCUT2D eigenvalue weighted by molar-refractivity contribution is 6.30. The molecule has 0 amide bonds. The largest absolute Gasteiger partial charge is 0.383 e. The predicted molar refractivity (Wildman–Crippen MR) is 95.0 cm³/mol. The number of guanidine groups is 1. The Bertz CT molecular complexity index is 668. The monoisotopic (exact) mass is 350 g/mol. The van der Waals surface area contributed by atoms with E-state index in [1.54, 1.807) is 7.11 Å². The van der Waals surface area contributed by atoms with Gasteiger partial charge in [0.15, 0.2) is 11.8 Å². The average molecular weight is 351 g/mol. The van der Waals surface area contributed by atoms with Gasteiger partial charge in [-0.2, -0.15) is 0 Å². The van der Waals surface area contributed by atoms with Gasteiger partial charge in [0.2, 0.25) is 0 Å². The number of methoxy groups -OCH3 is 1. The molecule has 130 valence electrons. The van der Waals surface area contributed by atoms with E-state index in [1.165, 1.54) is 0 Å². The fraction of sp³-hybridized carbons (Fsp3) is 0.438. The van der Waals surface area contributed by atoms with Gasteiger partial charge in [0, 0.05) is 25.7 Å². The molecule has 7 nitrogen and oxygen atoms in total. The number of aliphatic imine (C=N–C) groups is 1. The third-order valence-corrected chi connectivity index (χ3v) is 3.78. The number of hydrogen-bond donors (Lipinski definition) is 2. The molecule has 1 aromatic carbocycles. The second kappa shape index (κ2) is 9.24. The molecule has 0 radical (unpaired) electrons. The number of aryl methyl sites for hydroxylation is 1. The maximum atomic E-state index is 5.90. The van der Waals surface area contributed by atoms with Crippen molar-refractivity contribution in [1.29, 1.82) is 0 Å². The Balaban J connectivity index is 1.98. The summed E-state index contributed by atoms with van der Waals surface area (Å²) in [7, 11) is 3.61. The number of rotatable bonds is 7. The first kappa shape index (κ1) is 18.2. The van der Waals surface area contributed by atoms with Gasteiger partial charge < -0.3 is 19.9 Å². The number of nitrogens with zero attached hydrogens (tertiary/aromatic N) is 4. The van der Waals surface area contributed by atoms with E-state index in [4.69, 9.17) is 16.3 Å². The Labute approximate surface area is 147 Å². The highest BCUT2D eigenvalue weighted by Gasteiger charge is 2.06. The van der Waals surface area contributed by atoms with Crippen LogP contribution in [-0.2, 0) is 24.9 Å². The third-order valence-electron chi connectivity index (χ3n) is 3.53. The van der Waals surface area contributed by atoms with Crippen molar-refractivity contribution < 1.29 is 4.74 Å². The molecular formula is C16H23ClN6O. The number of ether oxygens (including phenoxy) is 1. The summed E-state index contributed by atoms with van der Waals surface area (Å²) in [5.41, 5.74) is 1.08. The van der Waals surface area contributed by atoms with Crippen LogP contribution in [0.4, 0.5) is 0 Å². The highest BCUT2D eigenvalue weighted by atomic mass is 35.5. The maximum absolute atomic E-state index is 5.90. The lowest BCUT2D eigenvalue weighted by atomic mass is 10.2. The van der Waals surface area contributed by atoms with E-state index >= 15 is 0 Å². The van der Waals surface area contributed by atoms with Crippen molar-refractivity contribution in [2.24, 2.45) is 12.0 Å². The number of benzene rings is 1. The second-order valence-electron chi connectivity index (χ2n) is 5.29. The smallest absolute Gasteiger partial charge is 0.192 e. The minimum absolute atomic E-state index is 0.538. The van der Waals surface area contributed by atoms with Crippen LogP contribution in [0.5, 0.6) is 0 Å². The molecule has 0 atom stereocenters. The normalized spacial score (nSPS) is 11.6. The molecular weight excluding hydrogens is 328 g/mol. The van der Waals surface area contributed by atoms with Gasteiger partial charge in [-0.25, -0.2) is 4.99 Å². The molecule has 1 aromatic heterocycles. The molecule has 0 aliphatic rings. The Morgan fingerprint density at radius 2 is 2.00 bits per heavy atom. The van der Waals surface area contributed by atoms with E-state index in [0.29, 0.717) is 32.2 Å². The Kier molecular flexibility index (Phi) is 7.02. The SMILES string of the molecule is COCCNC(=NCc1ccc(Cl)cc1)NCc1nnc(C)n1C. The molecule has 2 N–H and O–H groups in total. The fourth-order valence-electron chi connectivity index (χ4n) is 1.97. The van der Waals surface area contributed by atoms with E-state index < -0.39 is 0 Å². The molecule has 0 bridgehead atoms. The zero-order valence-corrected chi connectivity index (χ0v) is 15.0. The Morgan fingerprint density at radius 1 is 1.25 bits per heavy atom. The van der Waals surface area contributed by atoms with Crippen molar-refractivity contribution >= 4 is 17.6 Å². The zero-order valence-electron chi connectivity index (χ0n) is 14.2. The maximum Gasteiger partial charge on any atom is 0.192 e. The van der Waals surface area contributed by atoms with Crippen LogP contribution in [0, 0.1) is 6.92 Å². The molecule has 2 aromatic rings. The van der Waals surface area contributed by atoms with Crippen molar-refractivity contribution in [3.63, 3.8) is 0 Å². The van der Waals surface area contributed by atoms with Crippen molar-refractivity contribution in [3.05, 3.63) is 46.5 Å². The molecule has 0 spiro atoms. The van der Waals surface area contributed by atoms with Gasteiger partial charge in [0.1, 0.15) is 5.82 Å². The van der Waals surface area contributed by atoms with Gasteiger partial charge in [-0.05, 0) is 24.6 Å². The van der Waals surface area contributed by atoms with Crippen LogP contribution in [0.1, 0.15) is 17.2 Å². The first-order valence-electron chi connectivity index (χ1n) is 7.70. The van der Waals surface area contributed by atoms with Crippen molar-refractivity contribution in [2.75, 3.05) is 20.3 Å². The minimum Gasteiger partial charge on any atom is -0.383 e. The van der Waals surface area contributed by atoms with Crippen LogP contribution in [0.3, 0.4) is 0 Å². The number of hydrogen-bond acceptors (Lipinski definition) is 4. The van der Waals surface area contributed by atoms with Gasteiger partial charge in [0.05, 0.1) is 19.7 Å². The van der Waals surface area contributed by atoms with Crippen LogP contribution >= 0.6 is 11.6 Å². The molecule has 0 aliphatic carbocycles. The lowest BCUT2D eigenvalue weighted by Crippen LogP contribution is -2.39. The van der Waals surface area contributed by atoms with E-state index in [-0.39, 0.29) is 0 Å². The van der Waals surface area contributed by atoms with Gasteiger partial charge in [-0.1, -0.05) is 23.7 Å². The highest BCUT2D eigenvalue weighted by Crippen LogP contribution is 2.10. The lowest BCUT2D eigenvalue weighted by Gasteiger charge is -2.12. The summed E-state index contributed by atoms with van der Waals surface area (Å²) in [6, 6.07) is 7.65. The van der Waals surface area contributed by atoms with E-state index in [1.807, 2.05) is 42.8 Å². The molecule has 0 unspecified atom stereocenters. The van der Waals surface area contributed by atoms with E-state index in [0.717, 1.165) is 22.2 Å². The summed E-state index contributed by atoms with van der Waals surface area (Å²) < 4.78 is 7.01. The molecule has 2 rings (SSSR count). The van der Waals surface area contributed by atoms with Crippen LogP contribution in [-0.4, -0.2) is 41.0 Å². The lowest BCUT2D eigenvalue weighted by molar-refractivity contribution is 0.203. The fourth-order valence-corrected chi connectivity index (χ4v) is 2.10. The van der Waals surface area contributed by atoms with Crippen LogP contribution in [0.2, 0.25) is 5.02 Å². The summed E-state index contributed by atoms with van der Waals surface area (Å²) in [6.07, 6.45) is 0. The quantitative estimate of drug-likeness (QED) is 0.451. The molecule has 0 fully saturated rings. The van der Waals surface area contributed by atoms with E-state index in [2.05, 4.69) is 25.8 Å². The first-order valence-corrected chi connectivity index (χ1v) is 8.08. The van der Waals surface area contributed by atoms with Gasteiger partial charge >= 0.3 is 0 Å². The molecule has 8 heteroatoms. The van der Waals surface area contributed by atoms with Gasteiger partial charge in [0.25, 0.3) is 0 Å². The number of nitrogens with one attached hydrogen (secondary N) is 2. The summed E-state index contributed by atoms with van der Waals surface area (Å²) >= 11 is 5.90. The van der Waals surface area contributed by atoms with Crippen LogP contribution in [0.25, 0.3) is 0 Å². The summed E-state index contributed by atoms with van der Waals surface area (Å²) in [5, 5.41) is 15.4. The van der Waals surface area contributed by atoms with Crippen LogP contribution < -0.4 is 10.6 Å². The topological polar surface area (TPSA) is 76.4 Å². The second-order valence-corrected chi connectivity index (χ2v) is 5.72. The predicted octanol–water partition coefficient (Wildman–Crippen LogP) is 1.66. The summed E-state index contributed by atoms with van der Waals surface area (Å²) in [4.78, 5) is 4.59. The number of aromatic nitrogens is 3. The minimum atomic E-state index is 0.538. The van der Waals surface area contributed by atoms with Crippen molar-refractivity contribution in [3.8, 4) is 0 Å². The zero-order chi connectivity index (χ0) is 17.4. The van der Waals surface area contributed by atoms with Gasteiger partial charge in [-0.3, -0.25) is 0 Å². The van der Waals surface area contributed by atoms with Gasteiger partial charge in [-0.15, -0.1) is 10.2 Å². The molecule has 1 heterocycles. The van der Waals surface area contributed by atoms with E-state index in [9.17, 15) is 0 Å². The summed E-state index contributed by atoms with van der Waals surface area (Å²) in [6.45, 7) is 4.28. The Morgan fingerprint density at radius 3 is 2.62 bits per heavy atom. The molecule has 0 aliphatic heterocycles. The average Bonchev–Trinajstić information content (AvgIpc) is 2.90. The molecule has 24 heavy (non-hydrogen) atoms. The first-order chi connectivity index (χ1) is 11.6. The summed E-state index contributed by atoms with van der Waals surface area (Å²) in [5.74, 6) is 2.42. The standard InChI is InChI=1S/C16H23ClN6O/c1-12-21-22-15(23(12)2)11-20-16(18-8-9-24-3)19-10-13-4-6-14(17)7-5-13/h4-7H,8-11H2,1-3H3,(H2,18,19,20). The Hall–Kier alpha value is -2.12. The van der Waals surface area contributed by atoms with Crippen molar-refractivity contribution in [2.45, 2.75) is 20.0 Å². The van der Waals surface area contributed by atoms with Crippen LogP contribution in [0.15, 0.2) is 29.3 Å². The molecule has 0 saturated heterocycles. The number of halogens is 1. The third kappa shape index (κ3) is 5.50. The van der Waals surface area contributed by atoms with Crippen molar-refractivity contribution in [1.82, 2.24) is 25.4 Å².